The zero-order valence-electron chi connectivity index (χ0n) is 19.9. The molecule has 0 aromatic heterocycles. The van der Waals surface area contributed by atoms with Gasteiger partial charge in [-0.05, 0) is 51.9 Å². The minimum absolute atomic E-state index is 0.159. The van der Waals surface area contributed by atoms with Gasteiger partial charge in [0.25, 0.3) is 0 Å². The lowest BCUT2D eigenvalue weighted by atomic mass is 9.51. The van der Waals surface area contributed by atoms with Crippen LogP contribution in [0.5, 0.6) is 0 Å². The highest BCUT2D eigenvalue weighted by molar-refractivity contribution is 5.78. The van der Waals surface area contributed by atoms with Crippen LogP contribution in [0.2, 0.25) is 0 Å². The van der Waals surface area contributed by atoms with Crippen molar-refractivity contribution in [2.75, 3.05) is 26.4 Å². The molecule has 198 valence electrons. The van der Waals surface area contributed by atoms with Crippen molar-refractivity contribution in [1.29, 1.82) is 0 Å². The molecule has 1 saturated heterocycles. The fraction of sp³-hybridized carbons (Fsp3) is 0.870. The summed E-state index contributed by atoms with van der Waals surface area (Å²) in [6.07, 6.45) is -2.20. The van der Waals surface area contributed by atoms with Crippen molar-refractivity contribution in [2.45, 2.75) is 76.1 Å². The van der Waals surface area contributed by atoms with E-state index in [1.807, 2.05) is 0 Å². The molecule has 2 unspecified atom stereocenters. The van der Waals surface area contributed by atoms with Gasteiger partial charge in [-0.25, -0.2) is 14.0 Å². The summed E-state index contributed by atoms with van der Waals surface area (Å²) in [7, 11) is 0. The van der Waals surface area contributed by atoms with Crippen LogP contribution in [-0.4, -0.2) is 67.6 Å². The van der Waals surface area contributed by atoms with E-state index in [4.69, 9.17) is 18.9 Å². The fourth-order valence-electron chi connectivity index (χ4n) is 6.15. The molecule has 5 rings (SSSR count). The maximum absolute atomic E-state index is 14.2. The topological polar surface area (TPSA) is 97.4 Å². The SMILES string of the molecule is CC(=O)OCC1(COC(=O)C(F)(F)F)COC2(OC1)C1CC3CC2CC(OC(=O)C(C)(C)F)(C3)C1. The van der Waals surface area contributed by atoms with Crippen molar-refractivity contribution in [3.05, 3.63) is 0 Å². The molecule has 0 radical (unpaired) electrons. The Morgan fingerprint density at radius 3 is 1.91 bits per heavy atom. The van der Waals surface area contributed by atoms with E-state index in [9.17, 15) is 31.9 Å². The average Bonchev–Trinajstić information content (AvgIpc) is 2.73. The number of ether oxygens (including phenoxy) is 5. The zero-order chi connectivity index (χ0) is 25.9. The molecule has 1 aliphatic heterocycles. The highest BCUT2D eigenvalue weighted by atomic mass is 19.4. The lowest BCUT2D eigenvalue weighted by Crippen LogP contribution is -2.69. The molecule has 4 bridgehead atoms. The van der Waals surface area contributed by atoms with Crippen LogP contribution < -0.4 is 0 Å². The molecule has 35 heavy (non-hydrogen) atoms. The van der Waals surface area contributed by atoms with Crippen molar-refractivity contribution in [1.82, 2.24) is 0 Å². The van der Waals surface area contributed by atoms with Crippen molar-refractivity contribution in [2.24, 2.45) is 23.2 Å². The van der Waals surface area contributed by atoms with Gasteiger partial charge in [-0.2, -0.15) is 13.2 Å². The van der Waals surface area contributed by atoms with Crippen LogP contribution in [-0.2, 0) is 38.1 Å². The van der Waals surface area contributed by atoms with Gasteiger partial charge in [0.1, 0.15) is 18.8 Å². The predicted octanol–water partition coefficient (Wildman–Crippen LogP) is 3.25. The van der Waals surface area contributed by atoms with Gasteiger partial charge in [-0.1, -0.05) is 0 Å². The van der Waals surface area contributed by atoms with Gasteiger partial charge < -0.3 is 23.7 Å². The smallest absolute Gasteiger partial charge is 0.465 e. The summed E-state index contributed by atoms with van der Waals surface area (Å²) >= 11 is 0. The zero-order valence-corrected chi connectivity index (χ0v) is 19.9. The van der Waals surface area contributed by atoms with Gasteiger partial charge in [-0.3, -0.25) is 4.79 Å². The highest BCUT2D eigenvalue weighted by Gasteiger charge is 2.67. The van der Waals surface area contributed by atoms with Crippen molar-refractivity contribution >= 4 is 17.9 Å². The molecule has 12 heteroatoms. The summed E-state index contributed by atoms with van der Waals surface area (Å²) in [5.41, 5.74) is -4.23. The maximum atomic E-state index is 14.2. The fourth-order valence-corrected chi connectivity index (χ4v) is 6.15. The largest absolute Gasteiger partial charge is 0.490 e. The predicted molar refractivity (Wildman–Crippen MR) is 108 cm³/mol. The molecule has 0 N–H and O–H groups in total. The molecule has 5 fully saturated rings. The van der Waals surface area contributed by atoms with Crippen LogP contribution in [0.4, 0.5) is 17.6 Å². The van der Waals surface area contributed by atoms with Gasteiger partial charge >= 0.3 is 24.1 Å². The molecule has 0 aromatic rings. The number of rotatable bonds is 6. The molecule has 2 atom stereocenters. The molecule has 1 heterocycles. The van der Waals surface area contributed by atoms with Crippen LogP contribution in [0.1, 0.15) is 52.9 Å². The van der Waals surface area contributed by atoms with Crippen LogP contribution >= 0.6 is 0 Å². The molecule has 0 amide bonds. The number of esters is 3. The molecular formula is C23H30F4O8. The maximum Gasteiger partial charge on any atom is 0.490 e. The molecule has 4 aliphatic carbocycles. The summed E-state index contributed by atoms with van der Waals surface area (Å²) in [4.78, 5) is 34.9. The average molecular weight is 510 g/mol. The second-order valence-corrected chi connectivity index (χ2v) is 11.0. The van der Waals surface area contributed by atoms with Crippen LogP contribution in [0, 0.1) is 23.2 Å². The van der Waals surface area contributed by atoms with E-state index in [0.29, 0.717) is 19.3 Å². The van der Waals surface area contributed by atoms with E-state index in [1.54, 1.807) is 0 Å². The van der Waals surface area contributed by atoms with E-state index in [-0.39, 0.29) is 37.6 Å². The van der Waals surface area contributed by atoms with Gasteiger partial charge in [0.2, 0.25) is 5.67 Å². The first-order valence-electron chi connectivity index (χ1n) is 11.7. The first-order chi connectivity index (χ1) is 16.1. The van der Waals surface area contributed by atoms with Crippen LogP contribution in [0.3, 0.4) is 0 Å². The monoisotopic (exact) mass is 510 g/mol. The third kappa shape index (κ3) is 5.00. The lowest BCUT2D eigenvalue weighted by molar-refractivity contribution is -0.397. The number of hydrogen-bond donors (Lipinski definition) is 0. The number of halogens is 4. The van der Waals surface area contributed by atoms with E-state index in [0.717, 1.165) is 33.6 Å². The van der Waals surface area contributed by atoms with Crippen LogP contribution in [0.15, 0.2) is 0 Å². The standard InChI is InChI=1S/C23H30F4O8/c1-13(28)31-9-20(10-32-18(30)23(25,26)27)11-33-22(34-12-20)15-4-14-5-16(22)8-21(6-14,7-15)35-17(29)19(2,3)24/h14-16H,4-12H2,1-3H3. The van der Waals surface area contributed by atoms with E-state index >= 15 is 0 Å². The lowest BCUT2D eigenvalue weighted by Gasteiger charge is -2.65. The summed E-state index contributed by atoms with van der Waals surface area (Å²) in [6.45, 7) is 2.08. The van der Waals surface area contributed by atoms with Crippen molar-refractivity contribution in [3.63, 3.8) is 0 Å². The van der Waals surface area contributed by atoms with E-state index < -0.39 is 53.2 Å². The van der Waals surface area contributed by atoms with Gasteiger partial charge in [0.05, 0.1) is 18.6 Å². The van der Waals surface area contributed by atoms with E-state index in [2.05, 4.69) is 4.74 Å². The Morgan fingerprint density at radius 1 is 0.886 bits per heavy atom. The number of carbonyl (C=O) groups is 3. The third-order valence-corrected chi connectivity index (χ3v) is 7.60. The van der Waals surface area contributed by atoms with Crippen molar-refractivity contribution < 1.29 is 55.6 Å². The summed E-state index contributed by atoms with van der Waals surface area (Å²) in [5.74, 6) is -5.06. The van der Waals surface area contributed by atoms with Gasteiger partial charge in [-0.15, -0.1) is 0 Å². The Morgan fingerprint density at radius 2 is 1.43 bits per heavy atom. The van der Waals surface area contributed by atoms with Crippen molar-refractivity contribution in [3.8, 4) is 0 Å². The molecule has 8 nitrogen and oxygen atoms in total. The highest BCUT2D eigenvalue weighted by Crippen LogP contribution is 2.63. The summed E-state index contributed by atoms with van der Waals surface area (Å²) < 4.78 is 79.7. The Kier molecular flexibility index (Phi) is 6.40. The third-order valence-electron chi connectivity index (χ3n) is 7.60. The second-order valence-electron chi connectivity index (χ2n) is 11.0. The Hall–Kier alpha value is -1.95. The molecule has 4 saturated carbocycles. The minimum atomic E-state index is -5.17. The molecule has 1 spiro atoms. The number of hydrogen-bond acceptors (Lipinski definition) is 8. The van der Waals surface area contributed by atoms with Gasteiger partial charge in [0.15, 0.2) is 5.79 Å². The number of carbonyl (C=O) groups excluding carboxylic acids is 3. The second kappa shape index (κ2) is 8.57. The minimum Gasteiger partial charge on any atom is -0.465 e. The molecule has 5 aliphatic rings. The Balaban J connectivity index is 1.48. The quantitative estimate of drug-likeness (QED) is 0.305. The van der Waals surface area contributed by atoms with E-state index in [1.165, 1.54) is 0 Å². The Labute approximate surface area is 199 Å². The van der Waals surface area contributed by atoms with Gasteiger partial charge in [0, 0.05) is 18.8 Å². The summed E-state index contributed by atoms with van der Waals surface area (Å²) in [5, 5.41) is 0. The first kappa shape index (κ1) is 26.1. The summed E-state index contributed by atoms with van der Waals surface area (Å²) in [6, 6.07) is 0. The molecule has 0 aromatic carbocycles. The Bertz CT molecular complexity index is 854. The number of alkyl halides is 4. The molecular weight excluding hydrogens is 480 g/mol. The van der Waals surface area contributed by atoms with Crippen LogP contribution in [0.25, 0.3) is 0 Å². The first-order valence-corrected chi connectivity index (χ1v) is 11.7. The normalized spacial score (nSPS) is 38.3.